The lowest BCUT2D eigenvalue weighted by atomic mass is 10.1. The molecule has 4 nitrogen and oxygen atoms in total. The summed E-state index contributed by atoms with van der Waals surface area (Å²) in [4.78, 5) is 10.1. The molecule has 0 spiro atoms. The third-order valence-corrected chi connectivity index (χ3v) is 2.16. The molecular weight excluding hydrogens is 160 g/mol. The van der Waals surface area contributed by atoms with Crippen LogP contribution in [-0.4, -0.2) is 30.7 Å². The molecule has 0 aromatic carbocycles. The first-order valence-corrected chi connectivity index (χ1v) is 4.21. The number of hydrogen-bond donors (Lipinski definition) is 1. The van der Waals surface area contributed by atoms with Gasteiger partial charge in [0.1, 0.15) is 0 Å². The van der Waals surface area contributed by atoms with Gasteiger partial charge in [0.2, 0.25) is 0 Å². The van der Waals surface area contributed by atoms with E-state index in [1.54, 1.807) is 7.11 Å². The summed E-state index contributed by atoms with van der Waals surface area (Å²) in [5.41, 5.74) is 0. The molecule has 0 radical (unpaired) electrons. The van der Waals surface area contributed by atoms with E-state index in [-0.39, 0.29) is 12.7 Å². The van der Waals surface area contributed by atoms with Crippen LogP contribution in [0.25, 0.3) is 0 Å². The van der Waals surface area contributed by atoms with Gasteiger partial charge in [-0.1, -0.05) is 0 Å². The zero-order chi connectivity index (χ0) is 9.03. The number of rotatable bonds is 3. The first-order valence-electron chi connectivity index (χ1n) is 4.21. The molecule has 1 heterocycles. The van der Waals surface area contributed by atoms with E-state index in [1.807, 2.05) is 6.92 Å². The Balaban J connectivity index is 2.29. The van der Waals surface area contributed by atoms with Gasteiger partial charge in [-0.3, -0.25) is 0 Å². The number of methoxy groups -OCH3 is 1. The maximum atomic E-state index is 8.64. The highest BCUT2D eigenvalue weighted by molar-refractivity contribution is 4.69. The van der Waals surface area contributed by atoms with Gasteiger partial charge in [-0.2, -0.15) is 0 Å². The Kier molecular flexibility index (Phi) is 3.46. The summed E-state index contributed by atoms with van der Waals surface area (Å²) in [7, 11) is 1.59. The fraction of sp³-hybridized carbons (Fsp3) is 1.00. The largest absolute Gasteiger partial charge is 0.396 e. The minimum atomic E-state index is -0.605. The second-order valence-corrected chi connectivity index (χ2v) is 3.19. The van der Waals surface area contributed by atoms with Crippen molar-refractivity contribution in [2.75, 3.05) is 13.7 Å². The van der Waals surface area contributed by atoms with Gasteiger partial charge >= 0.3 is 0 Å². The fourth-order valence-electron chi connectivity index (χ4n) is 1.16. The van der Waals surface area contributed by atoms with Crippen molar-refractivity contribution in [3.8, 4) is 0 Å². The molecule has 1 saturated heterocycles. The summed E-state index contributed by atoms with van der Waals surface area (Å²) in [6.07, 6.45) is 2.30. The molecule has 0 saturated carbocycles. The van der Waals surface area contributed by atoms with Crippen LogP contribution in [0.3, 0.4) is 0 Å². The fourth-order valence-corrected chi connectivity index (χ4v) is 1.16. The standard InChI is InChI=1S/C8H16O4/c1-8(10-2)5-3-7(4-6-9)11-12-8/h7,9H,3-6H2,1-2H3. The van der Waals surface area contributed by atoms with Crippen molar-refractivity contribution in [3.05, 3.63) is 0 Å². The van der Waals surface area contributed by atoms with Gasteiger partial charge < -0.3 is 9.84 Å². The summed E-state index contributed by atoms with van der Waals surface area (Å²) in [5, 5.41) is 8.64. The van der Waals surface area contributed by atoms with E-state index in [4.69, 9.17) is 19.6 Å². The smallest absolute Gasteiger partial charge is 0.198 e. The molecule has 0 aromatic rings. The van der Waals surface area contributed by atoms with Crippen molar-refractivity contribution in [1.29, 1.82) is 0 Å². The van der Waals surface area contributed by atoms with E-state index in [9.17, 15) is 0 Å². The predicted molar refractivity (Wildman–Crippen MR) is 42.3 cm³/mol. The van der Waals surface area contributed by atoms with Crippen molar-refractivity contribution < 1.29 is 19.6 Å². The van der Waals surface area contributed by atoms with E-state index in [0.717, 1.165) is 12.8 Å². The molecule has 0 amide bonds. The predicted octanol–water partition coefficient (Wildman–Crippen LogP) is 0.842. The molecule has 1 N–H and O–H groups in total. The molecule has 0 aliphatic carbocycles. The van der Waals surface area contributed by atoms with Gasteiger partial charge in [-0.15, -0.1) is 0 Å². The van der Waals surface area contributed by atoms with Crippen LogP contribution < -0.4 is 0 Å². The Morgan fingerprint density at radius 2 is 2.42 bits per heavy atom. The van der Waals surface area contributed by atoms with Crippen LogP contribution in [0.5, 0.6) is 0 Å². The van der Waals surface area contributed by atoms with Gasteiger partial charge in [0.25, 0.3) is 0 Å². The average molecular weight is 176 g/mol. The lowest BCUT2D eigenvalue weighted by molar-refractivity contribution is -0.460. The van der Waals surface area contributed by atoms with Crippen molar-refractivity contribution in [2.45, 2.75) is 38.1 Å². The number of aliphatic hydroxyl groups is 1. The van der Waals surface area contributed by atoms with E-state index in [2.05, 4.69) is 0 Å². The zero-order valence-electron chi connectivity index (χ0n) is 7.58. The van der Waals surface area contributed by atoms with Gasteiger partial charge in [-0.05, 0) is 19.8 Å². The van der Waals surface area contributed by atoms with E-state index in [0.29, 0.717) is 6.42 Å². The Morgan fingerprint density at radius 3 is 2.83 bits per heavy atom. The molecule has 72 valence electrons. The van der Waals surface area contributed by atoms with Crippen molar-refractivity contribution in [1.82, 2.24) is 0 Å². The minimum Gasteiger partial charge on any atom is -0.396 e. The van der Waals surface area contributed by atoms with Crippen LogP contribution in [0, 0.1) is 0 Å². The van der Waals surface area contributed by atoms with Crippen molar-refractivity contribution in [2.24, 2.45) is 0 Å². The highest BCUT2D eigenvalue weighted by Crippen LogP contribution is 2.27. The summed E-state index contributed by atoms with van der Waals surface area (Å²) in [6.45, 7) is 1.97. The number of ether oxygens (including phenoxy) is 1. The molecule has 12 heavy (non-hydrogen) atoms. The van der Waals surface area contributed by atoms with Crippen molar-refractivity contribution >= 4 is 0 Å². The Labute approximate surface area is 72.4 Å². The Hall–Kier alpha value is -0.160. The van der Waals surface area contributed by atoms with E-state index in [1.165, 1.54) is 0 Å². The molecule has 0 bridgehead atoms. The number of hydrogen-bond acceptors (Lipinski definition) is 4. The van der Waals surface area contributed by atoms with E-state index >= 15 is 0 Å². The van der Waals surface area contributed by atoms with Crippen LogP contribution in [-0.2, 0) is 14.5 Å². The molecule has 0 aromatic heterocycles. The van der Waals surface area contributed by atoms with E-state index < -0.39 is 5.79 Å². The zero-order valence-corrected chi connectivity index (χ0v) is 7.58. The molecule has 1 aliphatic rings. The summed E-state index contributed by atoms with van der Waals surface area (Å²) in [5.74, 6) is -0.605. The van der Waals surface area contributed by atoms with Gasteiger partial charge in [0.05, 0.1) is 6.10 Å². The molecule has 4 heteroatoms. The highest BCUT2D eigenvalue weighted by atomic mass is 17.2. The maximum absolute atomic E-state index is 8.64. The van der Waals surface area contributed by atoms with Crippen LogP contribution in [0.2, 0.25) is 0 Å². The molecular formula is C8H16O4. The highest BCUT2D eigenvalue weighted by Gasteiger charge is 2.33. The Bertz CT molecular complexity index is 129. The summed E-state index contributed by atoms with van der Waals surface area (Å²) in [6, 6.07) is 0. The van der Waals surface area contributed by atoms with Crippen LogP contribution in [0.15, 0.2) is 0 Å². The van der Waals surface area contributed by atoms with Crippen LogP contribution >= 0.6 is 0 Å². The van der Waals surface area contributed by atoms with Gasteiger partial charge in [0, 0.05) is 20.1 Å². The lowest BCUT2D eigenvalue weighted by Crippen LogP contribution is -2.39. The minimum absolute atomic E-state index is 0.0122. The quantitative estimate of drug-likeness (QED) is 0.647. The molecule has 2 unspecified atom stereocenters. The summed E-state index contributed by atoms with van der Waals surface area (Å²) >= 11 is 0. The van der Waals surface area contributed by atoms with Crippen LogP contribution in [0.1, 0.15) is 26.2 Å². The first kappa shape index (κ1) is 9.92. The normalized spacial score (nSPS) is 36.8. The molecule has 2 atom stereocenters. The molecule has 1 aliphatic heterocycles. The summed E-state index contributed by atoms with van der Waals surface area (Å²) < 4.78 is 5.10. The van der Waals surface area contributed by atoms with Gasteiger partial charge in [0.15, 0.2) is 5.79 Å². The topological polar surface area (TPSA) is 47.9 Å². The van der Waals surface area contributed by atoms with Gasteiger partial charge in [-0.25, -0.2) is 9.78 Å². The molecule has 1 fully saturated rings. The molecule has 1 rings (SSSR count). The lowest BCUT2D eigenvalue weighted by Gasteiger charge is -2.34. The second-order valence-electron chi connectivity index (χ2n) is 3.19. The average Bonchev–Trinajstić information content (AvgIpc) is 2.10. The monoisotopic (exact) mass is 176 g/mol. The maximum Gasteiger partial charge on any atom is 0.198 e. The van der Waals surface area contributed by atoms with Crippen molar-refractivity contribution in [3.63, 3.8) is 0 Å². The SMILES string of the molecule is COC1(C)CCC(CCO)OO1. The third kappa shape index (κ3) is 2.42. The third-order valence-electron chi connectivity index (χ3n) is 2.16. The van der Waals surface area contributed by atoms with Crippen LogP contribution in [0.4, 0.5) is 0 Å². The number of aliphatic hydroxyl groups excluding tert-OH is 1. The first-order chi connectivity index (χ1) is 5.70. The Morgan fingerprint density at radius 1 is 1.67 bits per heavy atom. The second kappa shape index (κ2) is 4.18.